The highest BCUT2D eigenvalue weighted by Gasteiger charge is 2.29. The van der Waals surface area contributed by atoms with Crippen LogP contribution in [0.25, 0.3) is 10.6 Å². The van der Waals surface area contributed by atoms with E-state index in [1.165, 1.54) is 0 Å². The molecule has 4 rings (SSSR count). The van der Waals surface area contributed by atoms with E-state index < -0.39 is 0 Å². The second kappa shape index (κ2) is 7.66. The van der Waals surface area contributed by atoms with Crippen molar-refractivity contribution in [3.05, 3.63) is 65.2 Å². The van der Waals surface area contributed by atoms with E-state index in [4.69, 9.17) is 9.84 Å². The summed E-state index contributed by atoms with van der Waals surface area (Å²) in [5.74, 6) is 0.0275. The summed E-state index contributed by atoms with van der Waals surface area (Å²) >= 11 is 1.60. The maximum atomic E-state index is 13.3. The standard InChI is InChI=1S/C21H23N3O2S/c1-15-11-23(12-16(2)26-15)21(25)18-14-24(13-17-7-4-3-5-8-17)22-20(18)19-9-6-10-27-19/h3-10,14-16H,11-13H2,1-2H3/t15-,16+. The van der Waals surface area contributed by atoms with Crippen LogP contribution < -0.4 is 0 Å². The minimum absolute atomic E-state index is 0.0275. The molecular weight excluding hydrogens is 358 g/mol. The number of rotatable bonds is 4. The minimum atomic E-state index is 0.0275. The van der Waals surface area contributed by atoms with Gasteiger partial charge in [-0.05, 0) is 30.9 Å². The summed E-state index contributed by atoms with van der Waals surface area (Å²) in [7, 11) is 0. The zero-order valence-electron chi connectivity index (χ0n) is 15.5. The van der Waals surface area contributed by atoms with Crippen LogP contribution in [0.15, 0.2) is 54.0 Å². The molecule has 1 aromatic carbocycles. The zero-order valence-corrected chi connectivity index (χ0v) is 16.4. The molecule has 1 saturated heterocycles. The molecule has 2 atom stereocenters. The van der Waals surface area contributed by atoms with Crippen LogP contribution in [-0.4, -0.2) is 45.9 Å². The quantitative estimate of drug-likeness (QED) is 0.688. The molecule has 3 aromatic rings. The van der Waals surface area contributed by atoms with Crippen LogP contribution in [0.1, 0.15) is 29.8 Å². The molecule has 0 N–H and O–H groups in total. The van der Waals surface area contributed by atoms with Crippen molar-refractivity contribution in [2.75, 3.05) is 13.1 Å². The van der Waals surface area contributed by atoms with Crippen LogP contribution in [0, 0.1) is 0 Å². The van der Waals surface area contributed by atoms with Gasteiger partial charge in [0, 0.05) is 19.3 Å². The Labute approximate surface area is 163 Å². The highest BCUT2D eigenvalue weighted by molar-refractivity contribution is 7.13. The molecule has 0 bridgehead atoms. The number of thiophene rings is 1. The Hall–Kier alpha value is -2.44. The van der Waals surface area contributed by atoms with Gasteiger partial charge < -0.3 is 9.64 Å². The van der Waals surface area contributed by atoms with E-state index in [1.54, 1.807) is 11.3 Å². The van der Waals surface area contributed by atoms with Crippen LogP contribution in [0.5, 0.6) is 0 Å². The largest absolute Gasteiger partial charge is 0.372 e. The van der Waals surface area contributed by atoms with Crippen molar-refractivity contribution in [2.24, 2.45) is 0 Å². The van der Waals surface area contributed by atoms with Crippen molar-refractivity contribution in [2.45, 2.75) is 32.6 Å². The van der Waals surface area contributed by atoms with Crippen LogP contribution in [-0.2, 0) is 11.3 Å². The van der Waals surface area contributed by atoms with Crippen LogP contribution >= 0.6 is 11.3 Å². The summed E-state index contributed by atoms with van der Waals surface area (Å²) in [4.78, 5) is 16.2. The highest BCUT2D eigenvalue weighted by atomic mass is 32.1. The van der Waals surface area contributed by atoms with Gasteiger partial charge in [0.05, 0.1) is 29.2 Å². The van der Waals surface area contributed by atoms with Crippen molar-refractivity contribution in [3.8, 4) is 10.6 Å². The Morgan fingerprint density at radius 1 is 1.15 bits per heavy atom. The first kappa shape index (κ1) is 17.9. The summed E-state index contributed by atoms with van der Waals surface area (Å²) in [5, 5.41) is 6.76. The van der Waals surface area contributed by atoms with Gasteiger partial charge in [-0.1, -0.05) is 36.4 Å². The van der Waals surface area contributed by atoms with Gasteiger partial charge in [-0.15, -0.1) is 11.3 Å². The molecule has 140 valence electrons. The summed E-state index contributed by atoms with van der Waals surface area (Å²) in [6.45, 7) is 5.88. The van der Waals surface area contributed by atoms with Crippen molar-refractivity contribution in [1.82, 2.24) is 14.7 Å². The molecule has 1 aliphatic rings. The first-order valence-electron chi connectivity index (χ1n) is 9.20. The number of carbonyl (C=O) groups is 1. The van der Waals surface area contributed by atoms with Gasteiger partial charge in [0.15, 0.2) is 0 Å². The van der Waals surface area contributed by atoms with Crippen molar-refractivity contribution in [3.63, 3.8) is 0 Å². The van der Waals surface area contributed by atoms with E-state index in [-0.39, 0.29) is 18.1 Å². The molecule has 5 nitrogen and oxygen atoms in total. The van der Waals surface area contributed by atoms with Gasteiger partial charge in [0.1, 0.15) is 5.69 Å². The lowest BCUT2D eigenvalue weighted by molar-refractivity contribution is -0.0586. The second-order valence-corrected chi connectivity index (χ2v) is 7.97. The fourth-order valence-corrected chi connectivity index (χ4v) is 4.26. The molecule has 2 aromatic heterocycles. The topological polar surface area (TPSA) is 47.4 Å². The van der Waals surface area contributed by atoms with Crippen LogP contribution in [0.3, 0.4) is 0 Å². The Balaban J connectivity index is 1.67. The Bertz CT molecular complexity index is 895. The summed E-state index contributed by atoms with van der Waals surface area (Å²) in [6.07, 6.45) is 1.97. The van der Waals surface area contributed by atoms with Gasteiger partial charge in [-0.2, -0.15) is 5.10 Å². The van der Waals surface area contributed by atoms with E-state index >= 15 is 0 Å². The molecule has 1 fully saturated rings. The van der Waals surface area contributed by atoms with Crippen molar-refractivity contribution in [1.29, 1.82) is 0 Å². The number of nitrogens with zero attached hydrogens (tertiary/aromatic N) is 3. The predicted octanol–water partition coefficient (Wildman–Crippen LogP) is 3.91. The maximum absolute atomic E-state index is 13.3. The summed E-state index contributed by atoms with van der Waals surface area (Å²) in [5.41, 5.74) is 2.58. The Kier molecular flexibility index (Phi) is 5.09. The molecule has 6 heteroatoms. The lowest BCUT2D eigenvalue weighted by atomic mass is 10.1. The van der Waals surface area contributed by atoms with Gasteiger partial charge in [-0.3, -0.25) is 9.48 Å². The van der Waals surface area contributed by atoms with Crippen molar-refractivity contribution < 1.29 is 9.53 Å². The molecular formula is C21H23N3O2S. The Morgan fingerprint density at radius 3 is 2.56 bits per heavy atom. The molecule has 27 heavy (non-hydrogen) atoms. The van der Waals surface area contributed by atoms with Gasteiger partial charge in [0.2, 0.25) is 0 Å². The smallest absolute Gasteiger partial charge is 0.257 e. The summed E-state index contributed by atoms with van der Waals surface area (Å²) < 4.78 is 7.64. The van der Waals surface area contributed by atoms with Crippen LogP contribution in [0.2, 0.25) is 0 Å². The number of aromatic nitrogens is 2. The average Bonchev–Trinajstić information content (AvgIpc) is 3.30. The minimum Gasteiger partial charge on any atom is -0.372 e. The highest BCUT2D eigenvalue weighted by Crippen LogP contribution is 2.28. The monoisotopic (exact) mass is 381 g/mol. The number of morpholine rings is 1. The number of amides is 1. The van der Waals surface area contributed by atoms with Crippen molar-refractivity contribution >= 4 is 17.2 Å². The van der Waals surface area contributed by atoms with E-state index in [0.29, 0.717) is 25.2 Å². The molecule has 1 amide bonds. The maximum Gasteiger partial charge on any atom is 0.257 e. The fourth-order valence-electron chi connectivity index (χ4n) is 3.54. The summed E-state index contributed by atoms with van der Waals surface area (Å²) in [6, 6.07) is 14.2. The number of hydrogen-bond acceptors (Lipinski definition) is 4. The molecule has 0 radical (unpaired) electrons. The predicted molar refractivity (Wildman–Crippen MR) is 107 cm³/mol. The molecule has 0 spiro atoms. The molecule has 0 unspecified atom stereocenters. The average molecular weight is 382 g/mol. The van der Waals surface area contributed by atoms with E-state index in [1.807, 2.05) is 65.3 Å². The van der Waals surface area contributed by atoms with E-state index in [2.05, 4.69) is 12.1 Å². The molecule has 3 heterocycles. The first-order chi connectivity index (χ1) is 13.1. The lowest BCUT2D eigenvalue weighted by Gasteiger charge is -2.35. The normalized spacial score (nSPS) is 20.0. The zero-order chi connectivity index (χ0) is 18.8. The van der Waals surface area contributed by atoms with Gasteiger partial charge in [-0.25, -0.2) is 0 Å². The number of ether oxygens (including phenoxy) is 1. The lowest BCUT2D eigenvalue weighted by Crippen LogP contribution is -2.48. The molecule has 1 aliphatic heterocycles. The SMILES string of the molecule is C[C@@H]1CN(C(=O)c2cn(Cc3ccccc3)nc2-c2cccs2)C[C@H](C)O1. The number of carbonyl (C=O) groups excluding carboxylic acids is 1. The fraction of sp³-hybridized carbons (Fsp3) is 0.333. The number of hydrogen-bond donors (Lipinski definition) is 0. The number of benzene rings is 1. The second-order valence-electron chi connectivity index (χ2n) is 7.02. The van der Waals surface area contributed by atoms with E-state index in [9.17, 15) is 4.79 Å². The molecule has 0 saturated carbocycles. The first-order valence-corrected chi connectivity index (χ1v) is 10.1. The molecule has 0 aliphatic carbocycles. The third-order valence-corrected chi connectivity index (χ3v) is 5.52. The third-order valence-electron chi connectivity index (χ3n) is 4.64. The Morgan fingerprint density at radius 2 is 1.89 bits per heavy atom. The van der Waals surface area contributed by atoms with E-state index in [0.717, 1.165) is 16.1 Å². The van der Waals surface area contributed by atoms with Gasteiger partial charge >= 0.3 is 0 Å². The van der Waals surface area contributed by atoms with Crippen LogP contribution in [0.4, 0.5) is 0 Å². The van der Waals surface area contributed by atoms with Gasteiger partial charge in [0.25, 0.3) is 5.91 Å². The third kappa shape index (κ3) is 3.96.